The Morgan fingerprint density at radius 3 is 2.97 bits per heavy atom. The summed E-state index contributed by atoms with van der Waals surface area (Å²) in [4.78, 5) is 23.1. The van der Waals surface area contributed by atoms with Crippen LogP contribution < -0.4 is 10.6 Å². The SMILES string of the molecule is O=C(Nc1ccc2[nH]cc(C3=CCN4CCCCC4CC3)c2n1)Nc1ccc(F)cc1Br. The van der Waals surface area contributed by atoms with Gasteiger partial charge in [-0.2, -0.15) is 0 Å². The Hall–Kier alpha value is -2.71. The summed E-state index contributed by atoms with van der Waals surface area (Å²) < 4.78 is 13.7. The highest BCUT2D eigenvalue weighted by molar-refractivity contribution is 9.10. The average molecular weight is 498 g/mol. The summed E-state index contributed by atoms with van der Waals surface area (Å²) in [6.45, 7) is 2.17. The molecule has 2 amide bonds. The number of aromatic nitrogens is 2. The molecule has 3 aromatic rings. The molecule has 1 saturated heterocycles. The number of piperidine rings is 1. The Balaban J connectivity index is 1.34. The third-order valence-electron chi connectivity index (χ3n) is 6.36. The molecule has 166 valence electrons. The quantitative estimate of drug-likeness (QED) is 0.406. The van der Waals surface area contributed by atoms with E-state index in [1.165, 1.54) is 56.0 Å². The first kappa shape index (κ1) is 21.2. The number of fused-ring (bicyclic) bond motifs is 2. The van der Waals surface area contributed by atoms with Gasteiger partial charge in [-0.15, -0.1) is 0 Å². The topological polar surface area (TPSA) is 73.0 Å². The number of benzene rings is 1. The minimum absolute atomic E-state index is 0.376. The maximum atomic E-state index is 13.3. The molecule has 1 aromatic carbocycles. The largest absolute Gasteiger partial charge is 0.359 e. The molecule has 6 nitrogen and oxygen atoms in total. The molecule has 4 heterocycles. The number of aromatic amines is 1. The standard InChI is InChI=1S/C24H25BrFN5O/c25-19-13-16(26)5-7-20(19)28-24(32)30-22-9-8-21-23(29-22)18(14-27-21)15-4-6-17-3-1-2-11-31(17)12-10-15/h5,7-10,13-14,17,27H,1-4,6,11-12H2,(H2,28,29,30,32). The Labute approximate surface area is 194 Å². The van der Waals surface area contributed by atoms with Crippen molar-refractivity contribution in [3.63, 3.8) is 0 Å². The summed E-state index contributed by atoms with van der Waals surface area (Å²) in [5.41, 5.74) is 4.69. The van der Waals surface area contributed by atoms with Gasteiger partial charge in [-0.3, -0.25) is 10.2 Å². The number of allylic oxidation sites excluding steroid dienone is 1. The van der Waals surface area contributed by atoms with Crippen molar-refractivity contribution >= 4 is 50.1 Å². The molecule has 1 unspecified atom stereocenters. The van der Waals surface area contributed by atoms with E-state index in [4.69, 9.17) is 4.98 Å². The molecule has 32 heavy (non-hydrogen) atoms. The number of hydrogen-bond donors (Lipinski definition) is 3. The molecule has 0 bridgehead atoms. The zero-order valence-corrected chi connectivity index (χ0v) is 19.2. The summed E-state index contributed by atoms with van der Waals surface area (Å²) in [7, 11) is 0. The van der Waals surface area contributed by atoms with Crippen LogP contribution in [-0.2, 0) is 0 Å². The van der Waals surface area contributed by atoms with Crippen molar-refractivity contribution in [1.29, 1.82) is 0 Å². The molecule has 2 aromatic heterocycles. The first-order valence-electron chi connectivity index (χ1n) is 11.0. The number of anilines is 2. The highest BCUT2D eigenvalue weighted by Gasteiger charge is 2.25. The van der Waals surface area contributed by atoms with E-state index < -0.39 is 6.03 Å². The Morgan fingerprint density at radius 1 is 1.19 bits per heavy atom. The van der Waals surface area contributed by atoms with Crippen LogP contribution in [-0.4, -0.2) is 40.0 Å². The minimum atomic E-state index is -0.438. The van der Waals surface area contributed by atoms with E-state index in [1.807, 2.05) is 12.3 Å². The van der Waals surface area contributed by atoms with Gasteiger partial charge in [0.2, 0.25) is 0 Å². The van der Waals surface area contributed by atoms with Crippen LogP contribution in [0.3, 0.4) is 0 Å². The van der Waals surface area contributed by atoms with Gasteiger partial charge in [0.1, 0.15) is 11.6 Å². The number of halogens is 2. The van der Waals surface area contributed by atoms with Crippen molar-refractivity contribution < 1.29 is 9.18 Å². The van der Waals surface area contributed by atoms with Gasteiger partial charge >= 0.3 is 6.03 Å². The smallest absolute Gasteiger partial charge is 0.324 e. The van der Waals surface area contributed by atoms with Crippen LogP contribution >= 0.6 is 15.9 Å². The van der Waals surface area contributed by atoms with E-state index in [-0.39, 0.29) is 5.82 Å². The second-order valence-electron chi connectivity index (χ2n) is 8.41. The van der Waals surface area contributed by atoms with Gasteiger partial charge < -0.3 is 10.3 Å². The summed E-state index contributed by atoms with van der Waals surface area (Å²) >= 11 is 3.26. The van der Waals surface area contributed by atoms with E-state index in [0.29, 0.717) is 22.0 Å². The van der Waals surface area contributed by atoms with Crippen molar-refractivity contribution in [2.75, 3.05) is 23.7 Å². The first-order valence-corrected chi connectivity index (χ1v) is 11.8. The Morgan fingerprint density at radius 2 is 2.09 bits per heavy atom. The number of amides is 2. The number of carbonyl (C=O) groups is 1. The molecular weight excluding hydrogens is 473 g/mol. The second kappa shape index (κ2) is 9.03. The van der Waals surface area contributed by atoms with Gasteiger partial charge in [0, 0.05) is 28.8 Å². The molecule has 2 aliphatic heterocycles. The van der Waals surface area contributed by atoms with Crippen LogP contribution in [0, 0.1) is 5.82 Å². The fraction of sp³-hybridized carbons (Fsp3) is 0.333. The number of nitrogens with one attached hydrogen (secondary N) is 3. The summed E-state index contributed by atoms with van der Waals surface area (Å²) in [5, 5.41) is 5.49. The number of rotatable bonds is 3. The third-order valence-corrected chi connectivity index (χ3v) is 7.01. The van der Waals surface area contributed by atoms with E-state index in [2.05, 4.69) is 42.5 Å². The lowest BCUT2D eigenvalue weighted by molar-refractivity contribution is 0.161. The monoisotopic (exact) mass is 497 g/mol. The molecular formula is C24H25BrFN5O. The maximum Gasteiger partial charge on any atom is 0.324 e. The molecule has 0 radical (unpaired) electrons. The van der Waals surface area contributed by atoms with E-state index in [1.54, 1.807) is 6.07 Å². The Bertz CT molecular complexity index is 1190. The average Bonchev–Trinajstić information content (AvgIpc) is 3.07. The molecule has 1 atom stereocenters. The van der Waals surface area contributed by atoms with Crippen LogP contribution in [0.25, 0.3) is 16.6 Å². The lowest BCUT2D eigenvalue weighted by Crippen LogP contribution is -2.38. The van der Waals surface area contributed by atoms with E-state index in [9.17, 15) is 9.18 Å². The minimum Gasteiger partial charge on any atom is -0.359 e. The molecule has 5 rings (SSSR count). The number of pyridine rings is 1. The van der Waals surface area contributed by atoms with Crippen molar-refractivity contribution in [3.05, 3.63) is 58.5 Å². The van der Waals surface area contributed by atoms with Crippen molar-refractivity contribution in [2.45, 2.75) is 38.1 Å². The Kier molecular flexibility index (Phi) is 5.97. The normalized spacial score (nSPS) is 19.2. The number of urea groups is 1. The third kappa shape index (κ3) is 4.42. The predicted molar refractivity (Wildman–Crippen MR) is 129 cm³/mol. The van der Waals surface area contributed by atoms with Crippen LogP contribution in [0.1, 0.15) is 37.7 Å². The first-order chi connectivity index (χ1) is 15.6. The van der Waals surface area contributed by atoms with Gasteiger partial charge in [-0.05, 0) is 84.1 Å². The molecule has 0 spiro atoms. The summed E-state index contributed by atoms with van der Waals surface area (Å²) in [6.07, 6.45) is 10.5. The van der Waals surface area contributed by atoms with Gasteiger partial charge in [0.25, 0.3) is 0 Å². The van der Waals surface area contributed by atoms with E-state index >= 15 is 0 Å². The highest BCUT2D eigenvalue weighted by atomic mass is 79.9. The summed E-state index contributed by atoms with van der Waals surface area (Å²) in [6, 6.07) is 8.04. The second-order valence-corrected chi connectivity index (χ2v) is 9.27. The van der Waals surface area contributed by atoms with E-state index in [0.717, 1.165) is 29.6 Å². The molecule has 2 aliphatic rings. The van der Waals surface area contributed by atoms with Crippen molar-refractivity contribution in [3.8, 4) is 0 Å². The number of nitrogens with zero attached hydrogens (tertiary/aromatic N) is 2. The maximum absolute atomic E-state index is 13.3. The van der Waals surface area contributed by atoms with Gasteiger partial charge in [0.15, 0.2) is 0 Å². The van der Waals surface area contributed by atoms with Gasteiger partial charge in [-0.25, -0.2) is 14.2 Å². The highest BCUT2D eigenvalue weighted by Crippen LogP contribution is 2.33. The molecule has 8 heteroatoms. The predicted octanol–water partition coefficient (Wildman–Crippen LogP) is 6.14. The number of H-pyrrole nitrogens is 1. The van der Waals surface area contributed by atoms with Crippen LogP contribution in [0.4, 0.5) is 20.7 Å². The zero-order chi connectivity index (χ0) is 22.1. The fourth-order valence-electron chi connectivity index (χ4n) is 4.70. The molecule has 3 N–H and O–H groups in total. The number of carbonyl (C=O) groups excluding carboxylic acids is 1. The zero-order valence-electron chi connectivity index (χ0n) is 17.6. The van der Waals surface area contributed by atoms with Crippen LogP contribution in [0.5, 0.6) is 0 Å². The number of hydrogen-bond acceptors (Lipinski definition) is 3. The van der Waals surface area contributed by atoms with Crippen molar-refractivity contribution in [1.82, 2.24) is 14.9 Å². The van der Waals surface area contributed by atoms with Crippen molar-refractivity contribution in [2.24, 2.45) is 0 Å². The van der Waals surface area contributed by atoms with Gasteiger partial charge in [0.05, 0.1) is 16.7 Å². The van der Waals surface area contributed by atoms with Gasteiger partial charge in [-0.1, -0.05) is 12.5 Å². The fourth-order valence-corrected chi connectivity index (χ4v) is 5.15. The lowest BCUT2D eigenvalue weighted by atomic mass is 9.96. The lowest BCUT2D eigenvalue weighted by Gasteiger charge is -2.33. The molecule has 0 aliphatic carbocycles. The molecule has 0 saturated carbocycles. The van der Waals surface area contributed by atoms with Crippen LogP contribution in [0.15, 0.2) is 47.1 Å². The van der Waals surface area contributed by atoms with Crippen LogP contribution in [0.2, 0.25) is 0 Å². The molecule has 1 fully saturated rings. The summed E-state index contributed by atoms with van der Waals surface area (Å²) in [5.74, 6) is 0.0829.